The fourth-order valence-corrected chi connectivity index (χ4v) is 4.48. The van der Waals surface area contributed by atoms with Crippen molar-refractivity contribution in [3.05, 3.63) is 82.9 Å². The molecule has 34 heavy (non-hydrogen) atoms. The predicted molar refractivity (Wildman–Crippen MR) is 128 cm³/mol. The van der Waals surface area contributed by atoms with Crippen LogP contribution in [0.4, 0.5) is 4.39 Å². The van der Waals surface area contributed by atoms with Crippen LogP contribution in [-0.2, 0) is 11.3 Å². The third kappa shape index (κ3) is 4.73. The first-order valence-corrected chi connectivity index (χ1v) is 11.0. The van der Waals surface area contributed by atoms with Crippen molar-refractivity contribution in [3.8, 4) is 17.2 Å². The molecule has 6 nitrogen and oxygen atoms in total. The lowest BCUT2D eigenvalue weighted by molar-refractivity contribution is -0.121. The van der Waals surface area contributed by atoms with Crippen LogP contribution in [0, 0.1) is 11.7 Å². The molecule has 0 aliphatic heterocycles. The SMILES string of the molecule is COc1cc(/C=C2\c3ccc(F)cc3C(CC(=O)NCc3cccnc3)[C@@H]2C)cc(OC)c1O. The summed E-state index contributed by atoms with van der Waals surface area (Å²) in [6, 6.07) is 11.9. The molecule has 4 rings (SSSR count). The van der Waals surface area contributed by atoms with E-state index in [0.29, 0.717) is 18.0 Å². The molecule has 0 saturated carbocycles. The summed E-state index contributed by atoms with van der Waals surface area (Å²) in [6.07, 6.45) is 5.60. The van der Waals surface area contributed by atoms with Crippen LogP contribution in [0.15, 0.2) is 54.9 Å². The van der Waals surface area contributed by atoms with Gasteiger partial charge in [0.15, 0.2) is 11.5 Å². The van der Waals surface area contributed by atoms with Crippen LogP contribution < -0.4 is 14.8 Å². The highest BCUT2D eigenvalue weighted by molar-refractivity contribution is 5.89. The molecule has 0 spiro atoms. The van der Waals surface area contributed by atoms with E-state index in [1.54, 1.807) is 30.6 Å². The van der Waals surface area contributed by atoms with Gasteiger partial charge in [0, 0.05) is 25.4 Å². The maximum Gasteiger partial charge on any atom is 0.220 e. The molecule has 2 N–H and O–H groups in total. The first-order chi connectivity index (χ1) is 16.4. The number of hydrogen-bond donors (Lipinski definition) is 2. The molecule has 0 bridgehead atoms. The predicted octanol–water partition coefficient (Wildman–Crippen LogP) is 4.92. The summed E-state index contributed by atoms with van der Waals surface area (Å²) in [5.74, 6) is -0.133. The zero-order valence-electron chi connectivity index (χ0n) is 19.3. The van der Waals surface area contributed by atoms with Crippen LogP contribution in [0.5, 0.6) is 17.2 Å². The highest BCUT2D eigenvalue weighted by atomic mass is 19.1. The number of phenols is 1. The topological polar surface area (TPSA) is 80.7 Å². The van der Waals surface area contributed by atoms with E-state index in [0.717, 1.165) is 27.8 Å². The number of amides is 1. The van der Waals surface area contributed by atoms with Gasteiger partial charge in [-0.15, -0.1) is 0 Å². The normalized spacial score (nSPS) is 17.9. The first-order valence-electron chi connectivity index (χ1n) is 11.0. The smallest absolute Gasteiger partial charge is 0.220 e. The second-order valence-corrected chi connectivity index (χ2v) is 8.34. The van der Waals surface area contributed by atoms with Crippen molar-refractivity contribution < 1.29 is 23.8 Å². The van der Waals surface area contributed by atoms with Crippen LogP contribution in [0.25, 0.3) is 11.6 Å². The van der Waals surface area contributed by atoms with Crippen molar-refractivity contribution in [2.75, 3.05) is 14.2 Å². The number of nitrogens with one attached hydrogen (secondary N) is 1. The molecule has 1 unspecified atom stereocenters. The monoisotopic (exact) mass is 462 g/mol. The number of ether oxygens (including phenoxy) is 2. The zero-order valence-corrected chi connectivity index (χ0v) is 19.3. The van der Waals surface area contributed by atoms with Gasteiger partial charge in [0.2, 0.25) is 11.7 Å². The van der Waals surface area contributed by atoms with Gasteiger partial charge in [0.1, 0.15) is 5.82 Å². The van der Waals surface area contributed by atoms with Gasteiger partial charge in [0.05, 0.1) is 14.2 Å². The van der Waals surface area contributed by atoms with E-state index >= 15 is 0 Å². The molecule has 3 aromatic rings. The van der Waals surface area contributed by atoms with E-state index in [1.165, 1.54) is 26.4 Å². The van der Waals surface area contributed by atoms with E-state index in [2.05, 4.69) is 10.3 Å². The molecule has 176 valence electrons. The Labute approximate surface area is 198 Å². The van der Waals surface area contributed by atoms with Gasteiger partial charge >= 0.3 is 0 Å². The number of rotatable bonds is 7. The summed E-state index contributed by atoms with van der Waals surface area (Å²) in [4.78, 5) is 16.8. The van der Waals surface area contributed by atoms with E-state index in [-0.39, 0.29) is 35.7 Å². The second-order valence-electron chi connectivity index (χ2n) is 8.34. The van der Waals surface area contributed by atoms with Crippen LogP contribution in [-0.4, -0.2) is 30.2 Å². The van der Waals surface area contributed by atoms with Crippen LogP contribution >= 0.6 is 0 Å². The Balaban J connectivity index is 1.63. The highest BCUT2D eigenvalue weighted by Gasteiger charge is 2.35. The van der Waals surface area contributed by atoms with Crippen molar-refractivity contribution in [2.24, 2.45) is 5.92 Å². The minimum absolute atomic E-state index is 0.0354. The van der Waals surface area contributed by atoms with Gasteiger partial charge in [-0.05, 0) is 70.0 Å². The largest absolute Gasteiger partial charge is 0.502 e. The highest BCUT2D eigenvalue weighted by Crippen LogP contribution is 2.49. The maximum atomic E-state index is 14.2. The summed E-state index contributed by atoms with van der Waals surface area (Å²) >= 11 is 0. The number of carbonyl (C=O) groups excluding carboxylic acids is 1. The Bertz CT molecular complexity index is 1200. The van der Waals surface area contributed by atoms with E-state index < -0.39 is 0 Å². The number of pyridine rings is 1. The standard InChI is InChI=1S/C27H27FN2O4/c1-16-21(9-18-10-24(33-2)27(32)25(11-18)34-3)20-7-6-19(28)12-23(20)22(16)13-26(31)30-15-17-5-4-8-29-14-17/h4-12,14,16,22,32H,13,15H2,1-3H3,(H,30,31)/b21-9-/t16-,22?/m1/s1. The van der Waals surface area contributed by atoms with E-state index in [1.807, 2.05) is 25.1 Å². The number of carbonyl (C=O) groups is 1. The van der Waals surface area contributed by atoms with Crippen molar-refractivity contribution >= 4 is 17.6 Å². The quantitative estimate of drug-likeness (QED) is 0.521. The number of hydrogen-bond acceptors (Lipinski definition) is 5. The van der Waals surface area contributed by atoms with Gasteiger partial charge < -0.3 is 19.9 Å². The van der Waals surface area contributed by atoms with Crippen LogP contribution in [0.2, 0.25) is 0 Å². The Hall–Kier alpha value is -3.87. The van der Waals surface area contributed by atoms with E-state index in [4.69, 9.17) is 9.47 Å². The molecule has 1 heterocycles. The molecule has 1 aliphatic rings. The van der Waals surface area contributed by atoms with Gasteiger partial charge in [-0.3, -0.25) is 9.78 Å². The second kappa shape index (κ2) is 9.95. The number of phenolic OH excluding ortho intramolecular Hbond substituents is 1. The number of halogens is 1. The lowest BCUT2D eigenvalue weighted by Crippen LogP contribution is -2.25. The van der Waals surface area contributed by atoms with Gasteiger partial charge in [0.25, 0.3) is 0 Å². The maximum absolute atomic E-state index is 14.2. The average Bonchev–Trinajstić information content (AvgIpc) is 3.09. The Morgan fingerprint density at radius 2 is 1.91 bits per heavy atom. The molecular formula is C27H27FN2O4. The number of allylic oxidation sites excluding steroid dienone is 1. The molecule has 1 amide bonds. The fraction of sp³-hybridized carbons (Fsp3) is 0.259. The molecule has 0 radical (unpaired) electrons. The van der Waals surface area contributed by atoms with Crippen molar-refractivity contribution in [1.82, 2.24) is 10.3 Å². The van der Waals surface area contributed by atoms with Crippen molar-refractivity contribution in [1.29, 1.82) is 0 Å². The van der Waals surface area contributed by atoms with Crippen molar-refractivity contribution in [3.63, 3.8) is 0 Å². The third-order valence-electron chi connectivity index (χ3n) is 6.26. The van der Waals surface area contributed by atoms with E-state index in [9.17, 15) is 14.3 Å². The number of fused-ring (bicyclic) bond motifs is 1. The number of aromatic nitrogens is 1. The lowest BCUT2D eigenvalue weighted by atomic mass is 9.88. The van der Waals surface area contributed by atoms with Gasteiger partial charge in [-0.25, -0.2) is 4.39 Å². The molecular weight excluding hydrogens is 435 g/mol. The Morgan fingerprint density at radius 1 is 1.18 bits per heavy atom. The molecule has 0 fully saturated rings. The fourth-order valence-electron chi connectivity index (χ4n) is 4.48. The van der Waals surface area contributed by atoms with Crippen LogP contribution in [0.3, 0.4) is 0 Å². The number of nitrogens with zero attached hydrogens (tertiary/aromatic N) is 1. The molecule has 0 saturated heterocycles. The molecule has 1 aromatic heterocycles. The minimum atomic E-state index is -0.332. The summed E-state index contributed by atoms with van der Waals surface area (Å²) in [7, 11) is 2.95. The number of methoxy groups -OCH3 is 2. The number of aromatic hydroxyl groups is 1. The zero-order chi connectivity index (χ0) is 24.2. The summed E-state index contributed by atoms with van der Waals surface area (Å²) in [6.45, 7) is 2.43. The Morgan fingerprint density at radius 3 is 2.56 bits per heavy atom. The Kier molecular flexibility index (Phi) is 6.82. The third-order valence-corrected chi connectivity index (χ3v) is 6.26. The first kappa shape index (κ1) is 23.3. The van der Waals surface area contributed by atoms with Gasteiger partial charge in [-0.1, -0.05) is 25.1 Å². The van der Waals surface area contributed by atoms with Crippen LogP contribution in [0.1, 0.15) is 41.5 Å². The molecule has 7 heteroatoms. The number of benzene rings is 2. The summed E-state index contributed by atoms with van der Waals surface area (Å²) in [5.41, 5.74) is 4.38. The lowest BCUT2D eigenvalue weighted by Gasteiger charge is -2.17. The van der Waals surface area contributed by atoms with Gasteiger partial charge in [-0.2, -0.15) is 0 Å². The molecule has 2 atom stereocenters. The minimum Gasteiger partial charge on any atom is -0.502 e. The summed E-state index contributed by atoms with van der Waals surface area (Å²) < 4.78 is 24.7. The average molecular weight is 463 g/mol. The molecule has 1 aliphatic carbocycles. The van der Waals surface area contributed by atoms with Crippen molar-refractivity contribution in [2.45, 2.75) is 25.8 Å². The summed E-state index contributed by atoms with van der Waals surface area (Å²) in [5, 5.41) is 13.2. The molecule has 2 aromatic carbocycles.